The molecule has 7 heteroatoms. The molecule has 0 heterocycles. The monoisotopic (exact) mass is 628 g/mol. The molecular weight excluding hydrogens is 602 g/mol. The Bertz CT molecular complexity index is 1330. The van der Waals surface area contributed by atoms with Crippen molar-refractivity contribution in [3.63, 3.8) is 0 Å². The van der Waals surface area contributed by atoms with Crippen molar-refractivity contribution in [1.82, 2.24) is 0 Å². The van der Waals surface area contributed by atoms with Gasteiger partial charge < -0.3 is 20.4 Å². The first-order chi connectivity index (χ1) is 18.9. The fourth-order valence-corrected chi connectivity index (χ4v) is 10.1. The minimum atomic E-state index is -1.83. The van der Waals surface area contributed by atoms with Crippen LogP contribution in [0.3, 0.4) is 0 Å². The maximum absolute atomic E-state index is 10.3. The Morgan fingerprint density at radius 1 is 0.410 bits per heavy atom. The van der Waals surface area contributed by atoms with Gasteiger partial charge in [0.25, 0.3) is 0 Å². The van der Waals surface area contributed by atoms with Crippen LogP contribution in [0.1, 0.15) is 20.7 Å². The van der Waals surface area contributed by atoms with Gasteiger partial charge in [-0.1, -0.05) is 24.3 Å². The second-order valence-corrected chi connectivity index (χ2v) is 14.3. The zero-order chi connectivity index (χ0) is 28.0. The number of hydrogen-bond donors (Lipinski definition) is 4. The predicted octanol–water partition coefficient (Wildman–Crippen LogP) is 4.38. The molecule has 0 aromatic heterocycles. The number of aromatic carboxylic acids is 2. The van der Waals surface area contributed by atoms with Crippen molar-refractivity contribution >= 4 is 42.7 Å². The molecular formula is C32H27O6Sb. The van der Waals surface area contributed by atoms with Crippen molar-refractivity contribution in [3.8, 4) is 11.5 Å². The molecule has 5 aromatic carbocycles. The summed E-state index contributed by atoms with van der Waals surface area (Å²) >= 11 is -1.83. The topological polar surface area (TPSA) is 115 Å². The summed E-state index contributed by atoms with van der Waals surface area (Å²) in [4.78, 5) is 20.5. The average molecular weight is 629 g/mol. The molecule has 0 aliphatic rings. The number of rotatable bonds is 5. The van der Waals surface area contributed by atoms with Crippen LogP contribution in [-0.2, 0) is 0 Å². The molecule has 5 aromatic rings. The summed E-state index contributed by atoms with van der Waals surface area (Å²) in [6.45, 7) is 0. The van der Waals surface area contributed by atoms with Crippen molar-refractivity contribution in [2.75, 3.05) is 0 Å². The first kappa shape index (κ1) is 29.0. The van der Waals surface area contributed by atoms with E-state index in [-0.39, 0.29) is 22.6 Å². The molecule has 5 rings (SSSR count). The quantitative estimate of drug-likeness (QED) is 0.215. The van der Waals surface area contributed by atoms with E-state index in [4.69, 9.17) is 20.4 Å². The van der Waals surface area contributed by atoms with E-state index >= 15 is 0 Å². The normalized spacial score (nSPS) is 9.87. The summed E-state index contributed by atoms with van der Waals surface area (Å²) in [6.07, 6.45) is 0. The number of phenols is 2. The number of benzene rings is 5. The van der Waals surface area contributed by atoms with Gasteiger partial charge in [0.1, 0.15) is 22.6 Å². The van der Waals surface area contributed by atoms with Crippen molar-refractivity contribution in [3.05, 3.63) is 151 Å². The summed E-state index contributed by atoms with van der Waals surface area (Å²) in [6, 6.07) is 44.5. The van der Waals surface area contributed by atoms with E-state index in [9.17, 15) is 9.59 Å². The third kappa shape index (κ3) is 8.77. The Morgan fingerprint density at radius 3 is 0.897 bits per heavy atom. The van der Waals surface area contributed by atoms with Crippen LogP contribution >= 0.6 is 0 Å². The number of hydrogen-bond acceptors (Lipinski definition) is 4. The number of para-hydroxylation sites is 2. The summed E-state index contributed by atoms with van der Waals surface area (Å²) in [5.74, 6) is -2.62. The van der Waals surface area contributed by atoms with Crippen molar-refractivity contribution in [1.29, 1.82) is 0 Å². The average Bonchev–Trinajstić information content (AvgIpc) is 2.96. The van der Waals surface area contributed by atoms with Gasteiger partial charge in [0.05, 0.1) is 0 Å². The molecule has 0 unspecified atom stereocenters. The van der Waals surface area contributed by atoms with Gasteiger partial charge in [-0.3, -0.25) is 0 Å². The number of aromatic hydroxyl groups is 2. The molecule has 0 spiro atoms. The molecule has 0 bridgehead atoms. The van der Waals surface area contributed by atoms with Crippen LogP contribution in [0.5, 0.6) is 11.5 Å². The summed E-state index contributed by atoms with van der Waals surface area (Å²) in [7, 11) is 0. The van der Waals surface area contributed by atoms with Gasteiger partial charge in [0.15, 0.2) is 0 Å². The fraction of sp³-hybridized carbons (Fsp3) is 0. The predicted molar refractivity (Wildman–Crippen MR) is 154 cm³/mol. The first-order valence-electron chi connectivity index (χ1n) is 11.9. The van der Waals surface area contributed by atoms with E-state index in [0.29, 0.717) is 0 Å². The van der Waals surface area contributed by atoms with Crippen LogP contribution in [0.15, 0.2) is 140 Å². The van der Waals surface area contributed by atoms with Crippen LogP contribution < -0.4 is 10.5 Å². The van der Waals surface area contributed by atoms with Crippen molar-refractivity contribution in [2.45, 2.75) is 0 Å². The van der Waals surface area contributed by atoms with Gasteiger partial charge in [0.2, 0.25) is 0 Å². The molecule has 6 nitrogen and oxygen atoms in total. The Morgan fingerprint density at radius 2 is 0.667 bits per heavy atom. The van der Waals surface area contributed by atoms with Crippen LogP contribution in [0.4, 0.5) is 0 Å². The molecule has 0 amide bonds. The van der Waals surface area contributed by atoms with E-state index in [1.54, 1.807) is 24.3 Å². The summed E-state index contributed by atoms with van der Waals surface area (Å²) < 4.78 is 4.55. The Kier molecular flexibility index (Phi) is 11.2. The van der Waals surface area contributed by atoms with Gasteiger partial charge >= 0.3 is 134 Å². The zero-order valence-corrected chi connectivity index (χ0v) is 23.4. The SMILES string of the molecule is O=C(O)c1ccccc1O.O=C(O)c1ccccc1O.c1cc[c]([Sb]([c]2ccccc2)[c]2ccccc2)cc1. The van der Waals surface area contributed by atoms with Crippen LogP contribution in [0.25, 0.3) is 0 Å². The molecule has 0 saturated heterocycles. The van der Waals surface area contributed by atoms with E-state index in [1.807, 2.05) is 0 Å². The molecule has 0 saturated carbocycles. The molecule has 4 N–H and O–H groups in total. The van der Waals surface area contributed by atoms with Crippen molar-refractivity contribution in [2.24, 2.45) is 0 Å². The summed E-state index contributed by atoms with van der Waals surface area (Å²) in [5.41, 5.74) is -0.134. The molecule has 0 radical (unpaired) electrons. The second-order valence-electron chi connectivity index (χ2n) is 7.99. The van der Waals surface area contributed by atoms with Gasteiger partial charge in [0, 0.05) is 0 Å². The number of carboxylic acid groups (broad SMARTS) is 2. The van der Waals surface area contributed by atoms with Gasteiger partial charge in [-0.25, -0.2) is 9.59 Å². The molecule has 39 heavy (non-hydrogen) atoms. The summed E-state index contributed by atoms with van der Waals surface area (Å²) in [5, 5.41) is 34.6. The van der Waals surface area contributed by atoms with Crippen LogP contribution in [0.2, 0.25) is 0 Å². The maximum atomic E-state index is 10.3. The molecule has 0 atom stereocenters. The van der Waals surface area contributed by atoms with Crippen LogP contribution in [0, 0.1) is 0 Å². The fourth-order valence-electron chi connectivity index (χ4n) is 3.49. The van der Waals surface area contributed by atoms with E-state index in [0.717, 1.165) is 0 Å². The van der Waals surface area contributed by atoms with Gasteiger partial charge in [-0.05, 0) is 24.3 Å². The third-order valence-electron chi connectivity index (χ3n) is 5.31. The Labute approximate surface area is 234 Å². The van der Waals surface area contributed by atoms with E-state index < -0.39 is 32.1 Å². The molecule has 0 aliphatic heterocycles. The molecule has 0 fully saturated rings. The second kappa shape index (κ2) is 15.0. The Balaban J connectivity index is 0.000000178. The zero-order valence-electron chi connectivity index (χ0n) is 20.8. The Hall–Kier alpha value is -4.54. The van der Waals surface area contributed by atoms with Crippen molar-refractivity contribution < 1.29 is 30.0 Å². The molecule has 0 aliphatic carbocycles. The van der Waals surface area contributed by atoms with E-state index in [1.165, 1.54) is 34.8 Å². The number of carboxylic acids is 2. The third-order valence-corrected chi connectivity index (χ3v) is 12.3. The number of carbonyl (C=O) groups is 2. The molecule has 196 valence electrons. The van der Waals surface area contributed by atoms with Crippen LogP contribution in [-0.4, -0.2) is 52.6 Å². The first-order valence-corrected chi connectivity index (χ1v) is 15.7. The van der Waals surface area contributed by atoms with E-state index in [2.05, 4.69) is 91.0 Å². The van der Waals surface area contributed by atoms with Gasteiger partial charge in [-0.15, -0.1) is 0 Å². The standard InChI is InChI=1S/2C7H6O3.3C6H5.Sb/c2*8-6-4-2-1-3-5(6)7(9)10;3*1-2-4-6-5-3-1;/h2*1-4,8H,(H,9,10);3*1-5H;. The van der Waals surface area contributed by atoms with Gasteiger partial charge in [-0.2, -0.15) is 0 Å². The minimum absolute atomic E-state index is 0.0671.